The van der Waals surface area contributed by atoms with Crippen molar-refractivity contribution in [3.63, 3.8) is 0 Å². The lowest BCUT2D eigenvalue weighted by molar-refractivity contribution is 0.616. The molecule has 1 aromatic heterocycles. The third-order valence-corrected chi connectivity index (χ3v) is 3.57. The number of unbranched alkanes of at least 4 members (excludes halogenated alkanes) is 5. The smallest absolute Gasteiger partial charge is 0.134 e. The molecule has 114 valence electrons. The fraction of sp³-hybridized carbons (Fsp3) is 0.750. The Morgan fingerprint density at radius 3 is 2.20 bits per heavy atom. The highest BCUT2D eigenvalue weighted by Crippen LogP contribution is 2.19. The summed E-state index contributed by atoms with van der Waals surface area (Å²) in [6, 6.07) is 0. The zero-order valence-electron chi connectivity index (χ0n) is 13.6. The highest BCUT2D eigenvalue weighted by molar-refractivity contribution is 5.56. The predicted octanol–water partition coefficient (Wildman–Crippen LogP) is 4.16. The highest BCUT2D eigenvalue weighted by atomic mass is 15.1. The summed E-state index contributed by atoms with van der Waals surface area (Å²) in [5.74, 6) is 2.81. The van der Waals surface area contributed by atoms with Crippen molar-refractivity contribution in [1.82, 2.24) is 9.97 Å². The molecule has 4 nitrogen and oxygen atoms in total. The molecule has 0 unspecified atom stereocenters. The van der Waals surface area contributed by atoms with Crippen LogP contribution in [0.15, 0.2) is 0 Å². The summed E-state index contributed by atoms with van der Waals surface area (Å²) >= 11 is 0. The summed E-state index contributed by atoms with van der Waals surface area (Å²) in [4.78, 5) is 9.07. The molecule has 0 atom stereocenters. The number of anilines is 2. The Hall–Kier alpha value is -1.32. The van der Waals surface area contributed by atoms with Gasteiger partial charge in [-0.3, -0.25) is 0 Å². The molecule has 0 fully saturated rings. The maximum Gasteiger partial charge on any atom is 0.134 e. The third kappa shape index (κ3) is 5.35. The predicted molar refractivity (Wildman–Crippen MR) is 87.6 cm³/mol. The molecule has 0 aromatic carbocycles. The fourth-order valence-electron chi connectivity index (χ4n) is 2.25. The zero-order chi connectivity index (χ0) is 14.8. The SMILES string of the molecule is CCCCCCCCNc1nc(CC)nc(NC)c1C. The van der Waals surface area contributed by atoms with E-state index < -0.39 is 0 Å². The van der Waals surface area contributed by atoms with Gasteiger partial charge in [-0.25, -0.2) is 9.97 Å². The quantitative estimate of drug-likeness (QED) is 0.631. The Bertz CT molecular complexity index is 390. The minimum atomic E-state index is 0.862. The molecule has 0 aliphatic rings. The van der Waals surface area contributed by atoms with Gasteiger partial charge in [0.15, 0.2) is 0 Å². The second-order valence-electron chi connectivity index (χ2n) is 5.26. The third-order valence-electron chi connectivity index (χ3n) is 3.57. The number of hydrogen-bond acceptors (Lipinski definition) is 4. The van der Waals surface area contributed by atoms with Crippen LogP contribution in [-0.4, -0.2) is 23.6 Å². The van der Waals surface area contributed by atoms with E-state index in [1.54, 1.807) is 0 Å². The van der Waals surface area contributed by atoms with Crippen molar-refractivity contribution >= 4 is 11.6 Å². The van der Waals surface area contributed by atoms with E-state index in [2.05, 4.69) is 41.4 Å². The average Bonchev–Trinajstić information content (AvgIpc) is 2.47. The summed E-state index contributed by atoms with van der Waals surface area (Å²) in [7, 11) is 1.91. The summed E-state index contributed by atoms with van der Waals surface area (Å²) < 4.78 is 0. The second-order valence-corrected chi connectivity index (χ2v) is 5.26. The normalized spacial score (nSPS) is 10.6. The zero-order valence-corrected chi connectivity index (χ0v) is 13.6. The molecular formula is C16H30N4. The molecule has 1 rings (SSSR count). The lowest BCUT2D eigenvalue weighted by atomic mass is 10.1. The Morgan fingerprint density at radius 1 is 0.900 bits per heavy atom. The molecular weight excluding hydrogens is 248 g/mol. The minimum absolute atomic E-state index is 0.862. The number of aryl methyl sites for hydroxylation is 1. The van der Waals surface area contributed by atoms with Crippen LogP contribution in [0.5, 0.6) is 0 Å². The van der Waals surface area contributed by atoms with Crippen LogP contribution < -0.4 is 10.6 Å². The largest absolute Gasteiger partial charge is 0.373 e. The Kier molecular flexibility index (Phi) is 8.00. The van der Waals surface area contributed by atoms with Gasteiger partial charge in [-0.1, -0.05) is 46.0 Å². The van der Waals surface area contributed by atoms with E-state index in [1.807, 2.05) is 7.05 Å². The van der Waals surface area contributed by atoms with Crippen LogP contribution in [0.4, 0.5) is 11.6 Å². The highest BCUT2D eigenvalue weighted by Gasteiger charge is 2.08. The number of rotatable bonds is 10. The molecule has 0 spiro atoms. The van der Waals surface area contributed by atoms with E-state index in [0.717, 1.165) is 36.0 Å². The summed E-state index contributed by atoms with van der Waals surface area (Å²) in [6.07, 6.45) is 8.77. The van der Waals surface area contributed by atoms with Crippen LogP contribution in [0.2, 0.25) is 0 Å². The van der Waals surface area contributed by atoms with Gasteiger partial charge in [0.2, 0.25) is 0 Å². The first kappa shape index (κ1) is 16.7. The molecule has 2 N–H and O–H groups in total. The molecule has 1 heterocycles. The summed E-state index contributed by atoms with van der Waals surface area (Å²) in [5.41, 5.74) is 1.11. The van der Waals surface area contributed by atoms with Gasteiger partial charge >= 0.3 is 0 Å². The first-order chi connectivity index (χ1) is 9.72. The molecule has 20 heavy (non-hydrogen) atoms. The molecule has 0 saturated heterocycles. The Morgan fingerprint density at radius 2 is 1.55 bits per heavy atom. The van der Waals surface area contributed by atoms with Crippen molar-refractivity contribution in [1.29, 1.82) is 0 Å². The molecule has 4 heteroatoms. The number of nitrogens with one attached hydrogen (secondary N) is 2. The molecule has 0 radical (unpaired) electrons. The van der Waals surface area contributed by atoms with Gasteiger partial charge in [-0.2, -0.15) is 0 Å². The van der Waals surface area contributed by atoms with Crippen LogP contribution in [0, 0.1) is 6.92 Å². The van der Waals surface area contributed by atoms with Crippen LogP contribution in [-0.2, 0) is 6.42 Å². The van der Waals surface area contributed by atoms with Crippen molar-refractivity contribution in [2.75, 3.05) is 24.2 Å². The van der Waals surface area contributed by atoms with Crippen molar-refractivity contribution in [2.45, 2.75) is 65.7 Å². The van der Waals surface area contributed by atoms with Crippen LogP contribution in [0.3, 0.4) is 0 Å². The van der Waals surface area contributed by atoms with Gasteiger partial charge in [0, 0.05) is 25.6 Å². The van der Waals surface area contributed by atoms with E-state index in [9.17, 15) is 0 Å². The van der Waals surface area contributed by atoms with Gasteiger partial charge in [0.05, 0.1) is 0 Å². The van der Waals surface area contributed by atoms with Gasteiger partial charge in [-0.05, 0) is 13.3 Å². The number of nitrogens with zero attached hydrogens (tertiary/aromatic N) is 2. The van der Waals surface area contributed by atoms with E-state index in [4.69, 9.17) is 0 Å². The molecule has 0 bridgehead atoms. The fourth-order valence-corrected chi connectivity index (χ4v) is 2.25. The van der Waals surface area contributed by atoms with Gasteiger partial charge in [-0.15, -0.1) is 0 Å². The number of hydrogen-bond donors (Lipinski definition) is 2. The van der Waals surface area contributed by atoms with E-state index in [0.29, 0.717) is 0 Å². The lowest BCUT2D eigenvalue weighted by Gasteiger charge is -2.13. The molecule has 0 aliphatic heterocycles. The van der Waals surface area contributed by atoms with Crippen LogP contribution >= 0.6 is 0 Å². The first-order valence-electron chi connectivity index (χ1n) is 8.02. The van der Waals surface area contributed by atoms with Gasteiger partial charge in [0.1, 0.15) is 17.5 Å². The molecule has 0 amide bonds. The minimum Gasteiger partial charge on any atom is -0.373 e. The van der Waals surface area contributed by atoms with Gasteiger partial charge in [0.25, 0.3) is 0 Å². The molecule has 0 saturated carbocycles. The number of aromatic nitrogens is 2. The Balaban J connectivity index is 2.43. The van der Waals surface area contributed by atoms with Crippen LogP contribution in [0.25, 0.3) is 0 Å². The maximum atomic E-state index is 4.58. The monoisotopic (exact) mass is 278 g/mol. The summed E-state index contributed by atoms with van der Waals surface area (Å²) in [5, 5.41) is 6.61. The van der Waals surface area contributed by atoms with Crippen LogP contribution in [0.1, 0.15) is 63.8 Å². The summed E-state index contributed by atoms with van der Waals surface area (Å²) in [6.45, 7) is 7.40. The van der Waals surface area contributed by atoms with Crippen molar-refractivity contribution < 1.29 is 0 Å². The van der Waals surface area contributed by atoms with E-state index in [-0.39, 0.29) is 0 Å². The van der Waals surface area contributed by atoms with Crippen molar-refractivity contribution in [3.8, 4) is 0 Å². The average molecular weight is 278 g/mol. The molecule has 0 aliphatic carbocycles. The Labute approximate surface area is 123 Å². The van der Waals surface area contributed by atoms with E-state index in [1.165, 1.54) is 38.5 Å². The topological polar surface area (TPSA) is 49.8 Å². The van der Waals surface area contributed by atoms with Crippen molar-refractivity contribution in [3.05, 3.63) is 11.4 Å². The lowest BCUT2D eigenvalue weighted by Crippen LogP contribution is -2.10. The maximum absolute atomic E-state index is 4.58. The standard InChI is InChI=1S/C16H30N4/c1-5-7-8-9-10-11-12-18-16-13(3)15(17-4)19-14(6-2)20-16/h5-12H2,1-4H3,(H2,17,18,19,20). The van der Waals surface area contributed by atoms with Gasteiger partial charge < -0.3 is 10.6 Å². The second kappa shape index (κ2) is 9.56. The van der Waals surface area contributed by atoms with Crippen molar-refractivity contribution in [2.24, 2.45) is 0 Å². The molecule has 1 aromatic rings. The van der Waals surface area contributed by atoms with E-state index >= 15 is 0 Å². The first-order valence-corrected chi connectivity index (χ1v) is 8.02.